The van der Waals surface area contributed by atoms with E-state index in [0.29, 0.717) is 0 Å². The fraction of sp³-hybridized carbons (Fsp3) is 0.294. The van der Waals surface area contributed by atoms with E-state index in [1.54, 1.807) is 0 Å². The summed E-state index contributed by atoms with van der Waals surface area (Å²) in [5.41, 5.74) is 5.60. The quantitative estimate of drug-likeness (QED) is 0.658. The zero-order valence-corrected chi connectivity index (χ0v) is 11.2. The number of aryl methyl sites for hydroxylation is 2. The molecule has 17 heavy (non-hydrogen) atoms. The maximum absolute atomic E-state index is 2.27. The summed E-state index contributed by atoms with van der Waals surface area (Å²) >= 11 is 0. The molecule has 0 fully saturated rings. The van der Waals surface area contributed by atoms with Crippen LogP contribution in [0.15, 0.2) is 30.3 Å². The van der Waals surface area contributed by atoms with Gasteiger partial charge in [-0.3, -0.25) is 0 Å². The Labute approximate surface area is 104 Å². The second-order valence-corrected chi connectivity index (χ2v) is 4.64. The minimum Gasteiger partial charge on any atom is -0.0842 e. The first-order valence-electron chi connectivity index (χ1n) is 6.31. The number of hydrogen-bond donors (Lipinski definition) is 0. The van der Waals surface area contributed by atoms with E-state index >= 15 is 0 Å². The van der Waals surface area contributed by atoms with Gasteiger partial charge >= 0.3 is 0 Å². The molecule has 0 aliphatic heterocycles. The van der Waals surface area contributed by atoms with Crippen LogP contribution in [0.4, 0.5) is 0 Å². The number of allylic oxidation sites excluding steroid dienone is 1. The number of rotatable bonds is 2. The van der Waals surface area contributed by atoms with Crippen LogP contribution >= 0.6 is 0 Å². The van der Waals surface area contributed by atoms with Crippen molar-refractivity contribution in [2.24, 2.45) is 0 Å². The van der Waals surface area contributed by atoms with Gasteiger partial charge in [-0.1, -0.05) is 43.3 Å². The van der Waals surface area contributed by atoms with Gasteiger partial charge in [-0.25, -0.2) is 0 Å². The van der Waals surface area contributed by atoms with Crippen molar-refractivity contribution < 1.29 is 0 Å². The Balaban J connectivity index is 2.81. The number of hydrogen-bond acceptors (Lipinski definition) is 0. The van der Waals surface area contributed by atoms with Crippen LogP contribution in [0.2, 0.25) is 0 Å². The lowest BCUT2D eigenvalue weighted by Crippen LogP contribution is -1.93. The van der Waals surface area contributed by atoms with Gasteiger partial charge in [0.05, 0.1) is 0 Å². The average Bonchev–Trinajstić information content (AvgIpc) is 2.36. The third kappa shape index (κ3) is 2.00. The third-order valence-corrected chi connectivity index (χ3v) is 3.63. The van der Waals surface area contributed by atoms with E-state index in [-0.39, 0.29) is 0 Å². The van der Waals surface area contributed by atoms with Gasteiger partial charge in [-0.05, 0) is 60.2 Å². The molecule has 0 heterocycles. The molecule has 0 aliphatic rings. The van der Waals surface area contributed by atoms with Crippen molar-refractivity contribution in [2.45, 2.75) is 34.1 Å². The largest absolute Gasteiger partial charge is 0.0842 e. The first-order valence-corrected chi connectivity index (χ1v) is 6.31. The van der Waals surface area contributed by atoms with Crippen LogP contribution < -0.4 is 0 Å². The van der Waals surface area contributed by atoms with Gasteiger partial charge in [-0.2, -0.15) is 0 Å². The maximum Gasteiger partial charge on any atom is -0.0146 e. The average molecular weight is 224 g/mol. The van der Waals surface area contributed by atoms with E-state index in [4.69, 9.17) is 0 Å². The highest BCUT2D eigenvalue weighted by atomic mass is 14.1. The van der Waals surface area contributed by atoms with Gasteiger partial charge in [0, 0.05) is 0 Å². The molecule has 2 rings (SSSR count). The molecule has 0 unspecified atom stereocenters. The predicted molar refractivity (Wildman–Crippen MR) is 77.5 cm³/mol. The van der Waals surface area contributed by atoms with Crippen molar-refractivity contribution in [3.8, 4) is 0 Å². The molecular weight excluding hydrogens is 204 g/mol. The van der Waals surface area contributed by atoms with Gasteiger partial charge in [0.1, 0.15) is 0 Å². The predicted octanol–water partition coefficient (Wildman–Crippen LogP) is 5.19. The van der Waals surface area contributed by atoms with Crippen LogP contribution in [-0.4, -0.2) is 0 Å². The summed E-state index contributed by atoms with van der Waals surface area (Å²) in [5, 5.41) is 2.77. The summed E-state index contributed by atoms with van der Waals surface area (Å²) in [6.45, 7) is 8.85. The van der Waals surface area contributed by atoms with Crippen LogP contribution in [0, 0.1) is 20.8 Å². The summed E-state index contributed by atoms with van der Waals surface area (Å²) in [4.78, 5) is 0. The second-order valence-electron chi connectivity index (χ2n) is 4.64. The molecule has 88 valence electrons. The topological polar surface area (TPSA) is 0 Å². The smallest absolute Gasteiger partial charge is 0.0146 e. The second kappa shape index (κ2) is 4.75. The Morgan fingerprint density at radius 3 is 2.06 bits per heavy atom. The van der Waals surface area contributed by atoms with Gasteiger partial charge in [-0.15, -0.1) is 0 Å². The molecule has 0 amide bonds. The molecule has 0 nitrogen and oxygen atoms in total. The number of benzene rings is 2. The first kappa shape index (κ1) is 11.9. The van der Waals surface area contributed by atoms with E-state index in [1.807, 2.05) is 0 Å². The van der Waals surface area contributed by atoms with E-state index < -0.39 is 0 Å². The highest BCUT2D eigenvalue weighted by Gasteiger charge is 2.08. The van der Waals surface area contributed by atoms with E-state index in [0.717, 1.165) is 6.42 Å². The van der Waals surface area contributed by atoms with E-state index in [9.17, 15) is 0 Å². The van der Waals surface area contributed by atoms with Gasteiger partial charge in [0.2, 0.25) is 0 Å². The Bertz CT molecular complexity index is 574. The van der Waals surface area contributed by atoms with Crippen LogP contribution in [0.1, 0.15) is 35.6 Å². The summed E-state index contributed by atoms with van der Waals surface area (Å²) in [5.74, 6) is 0. The lowest BCUT2D eigenvalue weighted by molar-refractivity contribution is 1.23. The fourth-order valence-electron chi connectivity index (χ4n) is 2.45. The van der Waals surface area contributed by atoms with Crippen LogP contribution in [0.3, 0.4) is 0 Å². The van der Waals surface area contributed by atoms with Gasteiger partial charge in [0.15, 0.2) is 0 Å². The molecule has 0 aliphatic carbocycles. The first-order chi connectivity index (χ1) is 8.16. The zero-order chi connectivity index (χ0) is 12.4. The summed E-state index contributed by atoms with van der Waals surface area (Å²) in [6.07, 6.45) is 5.60. The molecule has 0 radical (unpaired) electrons. The Hall–Kier alpha value is -1.56. The zero-order valence-electron chi connectivity index (χ0n) is 11.2. The van der Waals surface area contributed by atoms with Crippen LogP contribution in [-0.2, 0) is 0 Å². The monoisotopic (exact) mass is 224 g/mol. The van der Waals surface area contributed by atoms with Crippen LogP contribution in [0.5, 0.6) is 0 Å². The van der Waals surface area contributed by atoms with E-state index in [2.05, 4.69) is 64.1 Å². The molecule has 0 heteroatoms. The van der Waals surface area contributed by atoms with Crippen molar-refractivity contribution >= 4 is 16.8 Å². The highest BCUT2D eigenvalue weighted by molar-refractivity contribution is 5.92. The lowest BCUT2D eigenvalue weighted by atomic mass is 9.91. The molecule has 0 atom stereocenters. The lowest BCUT2D eigenvalue weighted by Gasteiger charge is -2.14. The van der Waals surface area contributed by atoms with E-state index in [1.165, 1.54) is 33.0 Å². The molecule has 0 spiro atoms. The van der Waals surface area contributed by atoms with Crippen LogP contribution in [0.25, 0.3) is 16.8 Å². The standard InChI is InChI=1S/C17H20/c1-5-6-9-15-12(2)13(3)16-10-7-8-11-17(16)14(15)4/h6-11H,5H2,1-4H3/b9-6-. The molecule has 2 aromatic carbocycles. The summed E-state index contributed by atoms with van der Waals surface area (Å²) < 4.78 is 0. The van der Waals surface area contributed by atoms with Crippen molar-refractivity contribution in [2.75, 3.05) is 0 Å². The molecule has 0 saturated carbocycles. The highest BCUT2D eigenvalue weighted by Crippen LogP contribution is 2.30. The summed E-state index contributed by atoms with van der Waals surface area (Å²) in [7, 11) is 0. The fourth-order valence-corrected chi connectivity index (χ4v) is 2.45. The molecule has 0 bridgehead atoms. The van der Waals surface area contributed by atoms with Gasteiger partial charge < -0.3 is 0 Å². The number of fused-ring (bicyclic) bond motifs is 1. The molecule has 0 saturated heterocycles. The normalized spacial score (nSPS) is 11.5. The van der Waals surface area contributed by atoms with Crippen molar-refractivity contribution in [1.29, 1.82) is 0 Å². The van der Waals surface area contributed by atoms with Crippen molar-refractivity contribution in [3.05, 3.63) is 52.6 Å². The van der Waals surface area contributed by atoms with Crippen molar-refractivity contribution in [1.82, 2.24) is 0 Å². The maximum atomic E-state index is 2.27. The third-order valence-electron chi connectivity index (χ3n) is 3.63. The van der Waals surface area contributed by atoms with Gasteiger partial charge in [0.25, 0.3) is 0 Å². The minimum absolute atomic E-state index is 1.09. The molecular formula is C17H20. The summed E-state index contributed by atoms with van der Waals surface area (Å²) in [6, 6.07) is 8.69. The Morgan fingerprint density at radius 2 is 1.47 bits per heavy atom. The Kier molecular flexibility index (Phi) is 3.33. The molecule has 0 aromatic heterocycles. The van der Waals surface area contributed by atoms with Crippen molar-refractivity contribution in [3.63, 3.8) is 0 Å². The molecule has 2 aromatic rings. The molecule has 0 N–H and O–H groups in total. The Morgan fingerprint density at radius 1 is 0.882 bits per heavy atom. The minimum atomic E-state index is 1.09. The SMILES string of the molecule is CC/C=C\c1c(C)c(C)c2ccccc2c1C.